The minimum atomic E-state index is 0.103. The molecule has 0 spiro atoms. The van der Waals surface area contributed by atoms with Crippen molar-refractivity contribution >= 4 is 46.3 Å². The molecule has 32 heavy (non-hydrogen) atoms. The summed E-state index contributed by atoms with van der Waals surface area (Å²) in [6.45, 7) is 6.54. The number of hydrogen-bond donors (Lipinski definition) is 0. The molecule has 3 aromatic rings. The number of fused-ring (bicyclic) bond motifs is 1. The van der Waals surface area contributed by atoms with Gasteiger partial charge in [-0.3, -0.25) is 0 Å². The van der Waals surface area contributed by atoms with Crippen molar-refractivity contribution in [1.82, 2.24) is 0 Å². The lowest BCUT2D eigenvalue weighted by Crippen LogP contribution is -2.25. The second kappa shape index (κ2) is 11.6. The number of thiophene rings is 1. The van der Waals surface area contributed by atoms with Gasteiger partial charge in [0.1, 0.15) is 23.3 Å². The van der Waals surface area contributed by atoms with E-state index in [-0.39, 0.29) is 5.57 Å². The van der Waals surface area contributed by atoms with Crippen LogP contribution in [0.1, 0.15) is 54.8 Å². The van der Waals surface area contributed by atoms with Crippen LogP contribution in [0.4, 0.5) is 5.69 Å². The molecule has 3 rings (SSSR count). The van der Waals surface area contributed by atoms with Gasteiger partial charge >= 0.3 is 0 Å². The van der Waals surface area contributed by atoms with Crippen LogP contribution < -0.4 is 4.90 Å². The molecular weight excluding hydrogens is 434 g/mol. The van der Waals surface area contributed by atoms with Crippen molar-refractivity contribution in [3.8, 4) is 12.1 Å². The third kappa shape index (κ3) is 6.07. The Bertz CT molecular complexity index is 1220. The van der Waals surface area contributed by atoms with Crippen molar-refractivity contribution in [1.29, 1.82) is 10.5 Å². The van der Waals surface area contributed by atoms with Crippen molar-refractivity contribution < 1.29 is 4.42 Å². The van der Waals surface area contributed by atoms with Gasteiger partial charge in [-0.2, -0.15) is 10.5 Å². The molecular formula is C26H27N3OS2. The van der Waals surface area contributed by atoms with Gasteiger partial charge in [-0.05, 0) is 61.5 Å². The fourth-order valence-corrected chi connectivity index (χ4v) is 4.72. The summed E-state index contributed by atoms with van der Waals surface area (Å²) in [6, 6.07) is 16.2. The van der Waals surface area contributed by atoms with Crippen LogP contribution in [-0.2, 0) is 6.42 Å². The number of nitrogens with zero attached hydrogens (tertiary/aromatic N) is 3. The molecule has 4 nitrogen and oxygen atoms in total. The molecule has 0 saturated carbocycles. The fraction of sp³-hybridized carbons (Fsp3) is 0.346. The number of hydrogen-bond acceptors (Lipinski definition) is 6. The first kappa shape index (κ1) is 23.7. The van der Waals surface area contributed by atoms with E-state index in [1.54, 1.807) is 17.4 Å². The van der Waals surface area contributed by atoms with Crippen molar-refractivity contribution in [2.45, 2.75) is 46.0 Å². The monoisotopic (exact) mass is 461 g/mol. The summed E-state index contributed by atoms with van der Waals surface area (Å²) in [6.07, 6.45) is 6.96. The lowest BCUT2D eigenvalue weighted by atomic mass is 10.1. The Kier molecular flexibility index (Phi) is 8.62. The summed E-state index contributed by atoms with van der Waals surface area (Å²) in [5.74, 6) is 0. The second-order valence-corrected chi connectivity index (χ2v) is 9.31. The predicted molar refractivity (Wildman–Crippen MR) is 135 cm³/mol. The molecule has 0 N–H and O–H groups in total. The van der Waals surface area contributed by atoms with Crippen molar-refractivity contribution in [3.63, 3.8) is 0 Å². The van der Waals surface area contributed by atoms with Crippen LogP contribution in [0.2, 0.25) is 0 Å². The van der Waals surface area contributed by atoms with E-state index >= 15 is 0 Å². The minimum Gasteiger partial charge on any atom is -0.445 e. The van der Waals surface area contributed by atoms with Crippen molar-refractivity contribution in [2.75, 3.05) is 18.0 Å². The molecule has 0 unspecified atom stereocenters. The van der Waals surface area contributed by atoms with E-state index in [1.807, 2.05) is 24.3 Å². The molecule has 0 aliphatic heterocycles. The van der Waals surface area contributed by atoms with E-state index in [0.29, 0.717) is 11.1 Å². The maximum Gasteiger partial charge on any atom is 0.194 e. The zero-order valence-electron chi connectivity index (χ0n) is 18.6. The van der Waals surface area contributed by atoms with Crippen LogP contribution in [0.5, 0.6) is 0 Å². The zero-order chi connectivity index (χ0) is 22.9. The number of anilines is 1. The zero-order valence-corrected chi connectivity index (χ0v) is 20.2. The van der Waals surface area contributed by atoms with E-state index in [2.05, 4.69) is 43.0 Å². The molecule has 0 fully saturated rings. The van der Waals surface area contributed by atoms with Crippen LogP contribution in [0, 0.1) is 27.4 Å². The van der Waals surface area contributed by atoms with Crippen LogP contribution in [0.3, 0.4) is 0 Å². The SMILES string of the molecule is CCCCN(CCCC)c1ccc2cc(Cc3ccc(C=C(C#N)C#N)s3)c(=S)oc2c1. The molecule has 164 valence electrons. The Balaban J connectivity index is 1.85. The maximum absolute atomic E-state index is 8.94. The van der Waals surface area contributed by atoms with Crippen LogP contribution >= 0.6 is 23.6 Å². The highest BCUT2D eigenvalue weighted by atomic mass is 32.1. The molecule has 1 aromatic carbocycles. The molecule has 0 aliphatic rings. The summed E-state index contributed by atoms with van der Waals surface area (Å²) >= 11 is 7.12. The van der Waals surface area contributed by atoms with E-state index in [0.717, 1.165) is 39.4 Å². The summed E-state index contributed by atoms with van der Waals surface area (Å²) < 4.78 is 6.57. The molecule has 0 radical (unpaired) electrons. The van der Waals surface area contributed by atoms with Crippen molar-refractivity contribution in [2.24, 2.45) is 0 Å². The number of rotatable bonds is 10. The van der Waals surface area contributed by atoms with Gasteiger partial charge in [0.05, 0.1) is 0 Å². The topological polar surface area (TPSA) is 64.0 Å². The summed E-state index contributed by atoms with van der Waals surface area (Å²) in [5.41, 5.74) is 3.07. The highest BCUT2D eigenvalue weighted by Gasteiger charge is 2.10. The first-order valence-corrected chi connectivity index (χ1v) is 12.2. The van der Waals surface area contributed by atoms with Gasteiger partial charge in [0.25, 0.3) is 0 Å². The van der Waals surface area contributed by atoms with Crippen molar-refractivity contribution in [3.05, 3.63) is 62.0 Å². The van der Waals surface area contributed by atoms with Gasteiger partial charge in [-0.15, -0.1) is 11.3 Å². The van der Waals surface area contributed by atoms with Gasteiger partial charge in [0, 0.05) is 52.0 Å². The van der Waals surface area contributed by atoms with E-state index in [1.165, 1.54) is 31.4 Å². The molecule has 2 aromatic heterocycles. The summed E-state index contributed by atoms with van der Waals surface area (Å²) in [5, 5.41) is 18.9. The Morgan fingerprint density at radius 1 is 1.06 bits per heavy atom. The highest BCUT2D eigenvalue weighted by molar-refractivity contribution is 7.71. The van der Waals surface area contributed by atoms with E-state index < -0.39 is 0 Å². The molecule has 2 heterocycles. The Labute approximate surface area is 199 Å². The van der Waals surface area contributed by atoms with Crippen LogP contribution in [0.25, 0.3) is 17.0 Å². The Morgan fingerprint density at radius 3 is 2.44 bits per heavy atom. The minimum absolute atomic E-state index is 0.103. The quantitative estimate of drug-likeness (QED) is 0.229. The molecule has 0 amide bonds. The van der Waals surface area contributed by atoms with Gasteiger partial charge in [-0.25, -0.2) is 0 Å². The Morgan fingerprint density at radius 2 is 1.78 bits per heavy atom. The summed E-state index contributed by atoms with van der Waals surface area (Å²) in [7, 11) is 0. The van der Waals surface area contributed by atoms with E-state index in [4.69, 9.17) is 27.2 Å². The number of benzene rings is 1. The third-order valence-electron chi connectivity index (χ3n) is 5.29. The van der Waals surface area contributed by atoms with Gasteiger partial charge in [-0.1, -0.05) is 26.7 Å². The Hall–Kier alpha value is -2.93. The average Bonchev–Trinajstić information content (AvgIpc) is 3.24. The molecule has 0 saturated heterocycles. The molecule has 0 atom stereocenters. The maximum atomic E-state index is 8.94. The van der Waals surface area contributed by atoms with Crippen LogP contribution in [-0.4, -0.2) is 13.1 Å². The normalized spacial score (nSPS) is 10.5. The molecule has 6 heteroatoms. The number of allylic oxidation sites excluding steroid dienone is 1. The van der Waals surface area contributed by atoms with Gasteiger partial charge in [0.2, 0.25) is 0 Å². The standard InChI is InChI=1S/C26H27N3OS2/c1-3-5-11-29(12-6-4-2)22-8-7-20-14-21(26(31)30-25(20)16-22)15-24-10-9-23(32-24)13-19(17-27)18-28/h7-10,13-14,16H,3-6,11-12,15H2,1-2H3. The second-order valence-electron chi connectivity index (χ2n) is 7.74. The highest BCUT2D eigenvalue weighted by Crippen LogP contribution is 2.28. The first-order chi connectivity index (χ1) is 15.6. The number of unbranched alkanes of at least 4 members (excludes halogenated alkanes) is 2. The summed E-state index contributed by atoms with van der Waals surface area (Å²) in [4.78, 5) is 4.43. The lowest BCUT2D eigenvalue weighted by Gasteiger charge is -2.24. The third-order valence-corrected chi connectivity index (χ3v) is 6.67. The van der Waals surface area contributed by atoms with E-state index in [9.17, 15) is 0 Å². The lowest BCUT2D eigenvalue weighted by molar-refractivity contribution is 0.578. The van der Waals surface area contributed by atoms with Gasteiger partial charge < -0.3 is 9.32 Å². The van der Waals surface area contributed by atoms with Crippen LogP contribution in [0.15, 0.2) is 46.4 Å². The average molecular weight is 462 g/mol. The van der Waals surface area contributed by atoms with Gasteiger partial charge in [0.15, 0.2) is 4.71 Å². The largest absolute Gasteiger partial charge is 0.445 e. The predicted octanol–water partition coefficient (Wildman–Crippen LogP) is 7.65. The molecule has 0 bridgehead atoms. The fourth-order valence-electron chi connectivity index (χ4n) is 3.52. The number of nitriles is 2. The first-order valence-electron chi connectivity index (χ1n) is 11.0. The molecule has 0 aliphatic carbocycles. The smallest absolute Gasteiger partial charge is 0.194 e.